The molecule has 0 atom stereocenters. The first-order valence-electron chi connectivity index (χ1n) is 4.88. The number of alkyl halides is 1. The zero-order valence-electron chi connectivity index (χ0n) is 9.09. The molecule has 0 amide bonds. The van der Waals surface area contributed by atoms with Gasteiger partial charge in [0.2, 0.25) is 0 Å². The van der Waals surface area contributed by atoms with Crippen LogP contribution in [0, 0.1) is 11.8 Å². The number of hydrogen-bond donors (Lipinski definition) is 0. The van der Waals surface area contributed by atoms with Gasteiger partial charge in [0.15, 0.2) is 8.32 Å². The molecule has 0 aliphatic heterocycles. The fourth-order valence-electron chi connectivity index (χ4n) is 0.930. The minimum absolute atomic E-state index is 0.527. The number of hydrogen-bond acceptors (Lipinski definition) is 1. The van der Waals surface area contributed by atoms with Crippen LogP contribution in [0.2, 0.25) is 13.1 Å². The second-order valence-electron chi connectivity index (χ2n) is 3.85. The lowest BCUT2D eigenvalue weighted by Gasteiger charge is -2.17. The smallest absolute Gasteiger partial charge is 0.198 e. The highest BCUT2D eigenvalue weighted by Gasteiger charge is 2.19. The van der Waals surface area contributed by atoms with Gasteiger partial charge in [0, 0.05) is 10.5 Å². The third kappa shape index (κ3) is 5.17. The maximum atomic E-state index is 5.72. The van der Waals surface area contributed by atoms with Crippen LogP contribution < -0.4 is 0 Å². The molecule has 1 rings (SSSR count). The minimum atomic E-state index is -1.50. The van der Waals surface area contributed by atoms with Crippen LogP contribution in [-0.2, 0) is 4.43 Å². The predicted molar refractivity (Wildman–Crippen MR) is 70.5 cm³/mol. The predicted octanol–water partition coefficient (Wildman–Crippen LogP) is 3.19. The molecule has 0 spiro atoms. The van der Waals surface area contributed by atoms with Crippen molar-refractivity contribution in [3.63, 3.8) is 0 Å². The topological polar surface area (TPSA) is 9.23 Å². The van der Waals surface area contributed by atoms with Crippen LogP contribution in [-0.4, -0.2) is 19.9 Å². The molecule has 1 aromatic rings. The van der Waals surface area contributed by atoms with Crippen molar-refractivity contribution in [1.82, 2.24) is 0 Å². The average Bonchev–Trinajstić information content (AvgIpc) is 2.26. The number of halogens is 1. The lowest BCUT2D eigenvalue weighted by Crippen LogP contribution is -2.32. The molecular weight excluding hydrogens is 268 g/mol. The largest absolute Gasteiger partial charge is 0.406 e. The van der Waals surface area contributed by atoms with Gasteiger partial charge in [0.05, 0.1) is 6.61 Å². The van der Waals surface area contributed by atoms with Crippen LogP contribution in [0.4, 0.5) is 0 Å². The average molecular weight is 283 g/mol. The fraction of sp³-hybridized carbons (Fsp3) is 0.333. The molecule has 0 N–H and O–H groups in total. The van der Waals surface area contributed by atoms with E-state index >= 15 is 0 Å². The fourth-order valence-corrected chi connectivity index (χ4v) is 1.96. The van der Waals surface area contributed by atoms with Gasteiger partial charge in [-0.05, 0) is 25.2 Å². The Morgan fingerprint density at radius 2 is 1.93 bits per heavy atom. The third-order valence-corrected chi connectivity index (χ3v) is 7.48. The Morgan fingerprint density at radius 1 is 1.27 bits per heavy atom. The number of benzene rings is 1. The standard InChI is InChI=1S/C12H15BrOSi/c1-15(2,11-13)14-10-6-9-12-7-4-3-5-8-12/h3-5,7-8H,10-11H2,1-2H3. The first-order chi connectivity index (χ1) is 7.14. The van der Waals surface area contributed by atoms with Gasteiger partial charge in [-0.15, -0.1) is 0 Å². The zero-order valence-corrected chi connectivity index (χ0v) is 11.7. The van der Waals surface area contributed by atoms with Crippen molar-refractivity contribution in [1.29, 1.82) is 0 Å². The van der Waals surface area contributed by atoms with Gasteiger partial charge in [0.1, 0.15) is 0 Å². The Labute approximate surface area is 101 Å². The quantitative estimate of drug-likeness (QED) is 0.470. The first-order valence-corrected chi connectivity index (χ1v) is 9.11. The molecule has 1 nitrogen and oxygen atoms in total. The molecule has 3 heteroatoms. The van der Waals surface area contributed by atoms with Crippen LogP contribution >= 0.6 is 15.9 Å². The molecule has 0 saturated heterocycles. The summed E-state index contributed by atoms with van der Waals surface area (Å²) < 4.78 is 5.72. The van der Waals surface area contributed by atoms with Crippen molar-refractivity contribution < 1.29 is 4.43 Å². The summed E-state index contributed by atoms with van der Waals surface area (Å²) in [6.45, 7) is 4.87. The highest BCUT2D eigenvalue weighted by atomic mass is 79.9. The van der Waals surface area contributed by atoms with Crippen molar-refractivity contribution in [2.24, 2.45) is 0 Å². The van der Waals surface area contributed by atoms with Crippen LogP contribution in [0.15, 0.2) is 30.3 Å². The van der Waals surface area contributed by atoms with Gasteiger partial charge in [0.25, 0.3) is 0 Å². The first kappa shape index (κ1) is 12.5. The van der Waals surface area contributed by atoms with E-state index in [9.17, 15) is 0 Å². The summed E-state index contributed by atoms with van der Waals surface area (Å²) in [5.74, 6) is 6.11. The molecule has 0 heterocycles. The molecule has 0 saturated carbocycles. The van der Waals surface area contributed by atoms with Crippen LogP contribution in [0.5, 0.6) is 0 Å². The van der Waals surface area contributed by atoms with Crippen molar-refractivity contribution in [2.45, 2.75) is 13.1 Å². The van der Waals surface area contributed by atoms with E-state index in [0.29, 0.717) is 6.61 Å². The summed E-state index contributed by atoms with van der Waals surface area (Å²) in [7, 11) is -1.50. The molecule has 0 radical (unpaired) electrons. The Kier molecular flexibility index (Phi) is 5.10. The van der Waals surface area contributed by atoms with Gasteiger partial charge >= 0.3 is 0 Å². The lowest BCUT2D eigenvalue weighted by atomic mass is 10.2. The molecule has 0 aliphatic carbocycles. The van der Waals surface area contributed by atoms with Crippen molar-refractivity contribution in [3.8, 4) is 11.8 Å². The molecule has 0 aliphatic rings. The van der Waals surface area contributed by atoms with E-state index in [4.69, 9.17) is 4.43 Å². The summed E-state index contributed by atoms with van der Waals surface area (Å²) in [5.41, 5.74) is 1.04. The zero-order chi connectivity index (χ0) is 11.1. The number of rotatable bonds is 3. The van der Waals surface area contributed by atoms with Gasteiger partial charge in [-0.25, -0.2) is 0 Å². The highest BCUT2D eigenvalue weighted by Crippen LogP contribution is 2.06. The van der Waals surface area contributed by atoms with Crippen LogP contribution in [0.1, 0.15) is 5.56 Å². The maximum absolute atomic E-state index is 5.72. The Hall–Kier alpha value is -0.563. The van der Waals surface area contributed by atoms with E-state index in [1.807, 2.05) is 30.3 Å². The second-order valence-corrected chi connectivity index (χ2v) is 9.61. The van der Waals surface area contributed by atoms with E-state index in [1.54, 1.807) is 0 Å². The summed E-state index contributed by atoms with van der Waals surface area (Å²) in [6, 6.07) is 9.97. The Bertz CT molecular complexity index is 351. The summed E-state index contributed by atoms with van der Waals surface area (Å²) in [4.78, 5) is 0.951. The molecular formula is C12H15BrOSi. The van der Waals surface area contributed by atoms with Gasteiger partial charge in [-0.1, -0.05) is 46.0 Å². The maximum Gasteiger partial charge on any atom is 0.198 e. The molecule has 80 valence electrons. The van der Waals surface area contributed by atoms with Gasteiger partial charge < -0.3 is 4.43 Å². The SMILES string of the molecule is C[Si](C)(CBr)OCC#Cc1ccccc1. The molecule has 0 aromatic heterocycles. The van der Waals surface area contributed by atoms with Crippen LogP contribution in [0.3, 0.4) is 0 Å². The highest BCUT2D eigenvalue weighted by molar-refractivity contribution is 9.09. The van der Waals surface area contributed by atoms with E-state index in [2.05, 4.69) is 40.9 Å². The van der Waals surface area contributed by atoms with Crippen molar-refractivity contribution in [3.05, 3.63) is 35.9 Å². The second kappa shape index (κ2) is 6.11. The lowest BCUT2D eigenvalue weighted by molar-refractivity contribution is 0.364. The van der Waals surface area contributed by atoms with Crippen molar-refractivity contribution in [2.75, 3.05) is 11.6 Å². The van der Waals surface area contributed by atoms with E-state index in [0.717, 1.165) is 10.5 Å². The van der Waals surface area contributed by atoms with Gasteiger partial charge in [-0.2, -0.15) is 0 Å². The van der Waals surface area contributed by atoms with Crippen molar-refractivity contribution >= 4 is 24.2 Å². The van der Waals surface area contributed by atoms with E-state index in [1.165, 1.54) is 0 Å². The normalized spacial score (nSPS) is 10.6. The third-order valence-electron chi connectivity index (χ3n) is 1.86. The molecule has 0 fully saturated rings. The molecule has 15 heavy (non-hydrogen) atoms. The van der Waals surface area contributed by atoms with Gasteiger partial charge in [-0.3, -0.25) is 0 Å². The monoisotopic (exact) mass is 282 g/mol. The summed E-state index contributed by atoms with van der Waals surface area (Å²) >= 11 is 3.46. The summed E-state index contributed by atoms with van der Waals surface area (Å²) in [5, 5.41) is 0. The van der Waals surface area contributed by atoms with Crippen LogP contribution in [0.25, 0.3) is 0 Å². The van der Waals surface area contributed by atoms with E-state index in [-0.39, 0.29) is 0 Å². The minimum Gasteiger partial charge on any atom is -0.406 e. The molecule has 1 aromatic carbocycles. The molecule has 0 bridgehead atoms. The molecule has 0 unspecified atom stereocenters. The Balaban J connectivity index is 2.42. The Morgan fingerprint density at radius 3 is 2.53 bits per heavy atom. The van der Waals surface area contributed by atoms with E-state index < -0.39 is 8.32 Å². The summed E-state index contributed by atoms with van der Waals surface area (Å²) in [6.07, 6.45) is 0.